The molecule has 1 amide bonds. The summed E-state index contributed by atoms with van der Waals surface area (Å²) in [5, 5.41) is 22.1. The second kappa shape index (κ2) is 9.02. The molecule has 0 aliphatic carbocycles. The minimum absolute atomic E-state index is 0.145. The second-order valence-corrected chi connectivity index (χ2v) is 7.69. The van der Waals surface area contributed by atoms with Gasteiger partial charge in [0.15, 0.2) is 11.0 Å². The molecule has 0 unspecified atom stereocenters. The summed E-state index contributed by atoms with van der Waals surface area (Å²) in [7, 11) is 0. The van der Waals surface area contributed by atoms with Crippen LogP contribution in [0, 0.1) is 0 Å². The second-order valence-electron chi connectivity index (χ2n) is 6.34. The number of hydrogen-bond donors (Lipinski definition) is 2. The van der Waals surface area contributed by atoms with Crippen molar-refractivity contribution in [2.24, 2.45) is 0 Å². The van der Waals surface area contributed by atoms with E-state index in [0.29, 0.717) is 21.7 Å². The van der Waals surface area contributed by atoms with Gasteiger partial charge < -0.3 is 10.4 Å². The van der Waals surface area contributed by atoms with E-state index in [1.807, 2.05) is 41.0 Å². The Morgan fingerprint density at radius 3 is 2.40 bits per heavy atom. The molecule has 3 aromatic carbocycles. The topological polar surface area (TPSA) is 80.0 Å². The molecule has 1 aromatic heterocycles. The highest BCUT2D eigenvalue weighted by atomic mass is 35.5. The molecule has 0 atom stereocenters. The van der Waals surface area contributed by atoms with Crippen molar-refractivity contribution in [3.05, 3.63) is 83.9 Å². The lowest BCUT2D eigenvalue weighted by atomic mass is 10.2. The summed E-state index contributed by atoms with van der Waals surface area (Å²) in [6, 6.07) is 23.5. The number of thioether (sulfide) groups is 1. The van der Waals surface area contributed by atoms with E-state index in [1.165, 1.54) is 11.8 Å². The molecule has 0 spiro atoms. The summed E-state index contributed by atoms with van der Waals surface area (Å²) in [5.74, 6) is 0.749. The average molecular weight is 437 g/mol. The van der Waals surface area contributed by atoms with Crippen molar-refractivity contribution in [2.75, 3.05) is 11.1 Å². The number of phenolic OH excluding ortho intramolecular Hbond substituents is 1. The van der Waals surface area contributed by atoms with Gasteiger partial charge in [0, 0.05) is 11.3 Å². The standard InChI is InChI=1S/C22H17ClN4O2S/c23-18-8-4-5-9-19(18)24-20(29)14-30-22-26-25-21(15-10-12-17(28)13-11-15)27(22)16-6-2-1-3-7-16/h1-13,28H,14H2,(H,24,29). The highest BCUT2D eigenvalue weighted by molar-refractivity contribution is 7.99. The van der Waals surface area contributed by atoms with Crippen LogP contribution in [0.1, 0.15) is 0 Å². The first-order valence-corrected chi connectivity index (χ1v) is 10.5. The number of benzene rings is 3. The van der Waals surface area contributed by atoms with Crippen molar-refractivity contribution >= 4 is 35.0 Å². The van der Waals surface area contributed by atoms with Crippen molar-refractivity contribution in [1.29, 1.82) is 0 Å². The third-order valence-electron chi connectivity index (χ3n) is 4.25. The van der Waals surface area contributed by atoms with E-state index in [2.05, 4.69) is 15.5 Å². The quantitative estimate of drug-likeness (QED) is 0.414. The van der Waals surface area contributed by atoms with Crippen LogP contribution in [0.2, 0.25) is 5.02 Å². The molecule has 150 valence electrons. The van der Waals surface area contributed by atoms with Gasteiger partial charge in [-0.05, 0) is 48.5 Å². The van der Waals surface area contributed by atoms with E-state index >= 15 is 0 Å². The molecule has 1 heterocycles. The third-order valence-corrected chi connectivity index (χ3v) is 5.51. The highest BCUT2D eigenvalue weighted by Gasteiger charge is 2.17. The van der Waals surface area contributed by atoms with E-state index < -0.39 is 0 Å². The molecule has 0 bridgehead atoms. The van der Waals surface area contributed by atoms with Crippen LogP contribution in [0.3, 0.4) is 0 Å². The number of amides is 1. The van der Waals surface area contributed by atoms with Gasteiger partial charge >= 0.3 is 0 Å². The van der Waals surface area contributed by atoms with Crippen LogP contribution in [-0.4, -0.2) is 31.5 Å². The Bertz CT molecular complexity index is 1160. The number of anilines is 1. The van der Waals surface area contributed by atoms with Gasteiger partial charge in [0.25, 0.3) is 0 Å². The molecule has 30 heavy (non-hydrogen) atoms. The van der Waals surface area contributed by atoms with Crippen LogP contribution in [0.5, 0.6) is 5.75 Å². The molecule has 0 fully saturated rings. The van der Waals surface area contributed by atoms with Crippen LogP contribution >= 0.6 is 23.4 Å². The summed E-state index contributed by atoms with van der Waals surface area (Å²) in [6.45, 7) is 0. The summed E-state index contributed by atoms with van der Waals surface area (Å²) in [5.41, 5.74) is 2.25. The molecule has 0 saturated heterocycles. The van der Waals surface area contributed by atoms with Crippen LogP contribution in [0.25, 0.3) is 17.1 Å². The summed E-state index contributed by atoms with van der Waals surface area (Å²) >= 11 is 7.39. The zero-order valence-electron chi connectivity index (χ0n) is 15.7. The molecule has 4 rings (SSSR count). The summed E-state index contributed by atoms with van der Waals surface area (Å²) in [6.07, 6.45) is 0. The Labute approximate surface area is 182 Å². The van der Waals surface area contributed by atoms with E-state index in [0.717, 1.165) is 11.3 Å². The van der Waals surface area contributed by atoms with Gasteiger partial charge in [-0.2, -0.15) is 0 Å². The molecule has 0 aliphatic rings. The largest absolute Gasteiger partial charge is 0.508 e. The Balaban J connectivity index is 1.59. The van der Waals surface area contributed by atoms with Gasteiger partial charge in [0.1, 0.15) is 5.75 Å². The number of halogens is 1. The normalized spacial score (nSPS) is 10.7. The number of para-hydroxylation sites is 2. The number of nitrogens with zero attached hydrogens (tertiary/aromatic N) is 3. The van der Waals surface area contributed by atoms with Gasteiger partial charge in [-0.15, -0.1) is 10.2 Å². The highest BCUT2D eigenvalue weighted by Crippen LogP contribution is 2.29. The number of aromatic nitrogens is 3. The van der Waals surface area contributed by atoms with Gasteiger partial charge in [0.2, 0.25) is 5.91 Å². The molecule has 0 radical (unpaired) electrons. The summed E-state index contributed by atoms with van der Waals surface area (Å²) in [4.78, 5) is 12.4. The van der Waals surface area contributed by atoms with Gasteiger partial charge in [-0.25, -0.2) is 0 Å². The number of carbonyl (C=O) groups excluding carboxylic acids is 1. The fraction of sp³-hybridized carbons (Fsp3) is 0.0455. The van der Waals surface area contributed by atoms with Crippen molar-refractivity contribution < 1.29 is 9.90 Å². The van der Waals surface area contributed by atoms with E-state index in [9.17, 15) is 9.90 Å². The van der Waals surface area contributed by atoms with Crippen LogP contribution in [0.4, 0.5) is 5.69 Å². The average Bonchev–Trinajstić information content (AvgIpc) is 3.19. The zero-order chi connectivity index (χ0) is 20.9. The Morgan fingerprint density at radius 1 is 0.967 bits per heavy atom. The molecule has 6 nitrogen and oxygen atoms in total. The fourth-order valence-corrected chi connectivity index (χ4v) is 3.78. The van der Waals surface area contributed by atoms with Crippen molar-refractivity contribution in [3.63, 3.8) is 0 Å². The predicted molar refractivity (Wildman–Crippen MR) is 119 cm³/mol. The first-order chi connectivity index (χ1) is 14.6. The van der Waals surface area contributed by atoms with E-state index in [1.54, 1.807) is 42.5 Å². The SMILES string of the molecule is O=C(CSc1nnc(-c2ccc(O)cc2)n1-c1ccccc1)Nc1ccccc1Cl. The minimum Gasteiger partial charge on any atom is -0.508 e. The first kappa shape index (κ1) is 20.0. The lowest BCUT2D eigenvalue weighted by Gasteiger charge is -2.11. The maximum Gasteiger partial charge on any atom is 0.234 e. The van der Waals surface area contributed by atoms with Crippen molar-refractivity contribution in [2.45, 2.75) is 5.16 Å². The maximum absolute atomic E-state index is 12.4. The van der Waals surface area contributed by atoms with Crippen molar-refractivity contribution in [1.82, 2.24) is 14.8 Å². The fourth-order valence-electron chi connectivity index (χ4n) is 2.85. The summed E-state index contributed by atoms with van der Waals surface area (Å²) < 4.78 is 1.89. The van der Waals surface area contributed by atoms with Gasteiger partial charge in [-0.1, -0.05) is 53.7 Å². The molecule has 0 aliphatic heterocycles. The van der Waals surface area contributed by atoms with E-state index in [-0.39, 0.29) is 17.4 Å². The zero-order valence-corrected chi connectivity index (χ0v) is 17.3. The van der Waals surface area contributed by atoms with Crippen LogP contribution in [-0.2, 0) is 4.79 Å². The number of rotatable bonds is 6. The lowest BCUT2D eigenvalue weighted by molar-refractivity contribution is -0.113. The van der Waals surface area contributed by atoms with Crippen LogP contribution in [0.15, 0.2) is 84.0 Å². The monoisotopic (exact) mass is 436 g/mol. The number of nitrogens with one attached hydrogen (secondary N) is 1. The number of carbonyl (C=O) groups is 1. The molecule has 2 N–H and O–H groups in total. The smallest absolute Gasteiger partial charge is 0.234 e. The first-order valence-electron chi connectivity index (χ1n) is 9.09. The predicted octanol–water partition coefficient (Wildman–Crippen LogP) is 5.02. The van der Waals surface area contributed by atoms with E-state index in [4.69, 9.17) is 11.6 Å². The number of aromatic hydroxyl groups is 1. The molecule has 4 aromatic rings. The Morgan fingerprint density at radius 2 is 1.67 bits per heavy atom. The molecule has 8 heteroatoms. The maximum atomic E-state index is 12.4. The van der Waals surface area contributed by atoms with Crippen molar-refractivity contribution in [3.8, 4) is 22.8 Å². The Kier molecular flexibility index (Phi) is 6.02. The third kappa shape index (κ3) is 4.48. The lowest BCUT2D eigenvalue weighted by Crippen LogP contribution is -2.14. The van der Waals surface area contributed by atoms with Gasteiger partial charge in [-0.3, -0.25) is 9.36 Å². The number of phenols is 1. The molecular formula is C22H17ClN4O2S. The Hall–Kier alpha value is -3.29. The molecule has 0 saturated carbocycles. The molecular weight excluding hydrogens is 420 g/mol. The van der Waals surface area contributed by atoms with Gasteiger partial charge in [0.05, 0.1) is 16.5 Å². The number of hydrogen-bond acceptors (Lipinski definition) is 5. The minimum atomic E-state index is -0.193. The van der Waals surface area contributed by atoms with Crippen LogP contribution < -0.4 is 5.32 Å².